The summed E-state index contributed by atoms with van der Waals surface area (Å²) < 4.78 is 0. The molecule has 0 unspecified atom stereocenters. The van der Waals surface area contributed by atoms with Crippen molar-refractivity contribution in [1.82, 2.24) is 15.3 Å². The maximum atomic E-state index is 12.7. The second kappa shape index (κ2) is 7.90. The quantitative estimate of drug-likeness (QED) is 0.545. The number of nitrogens with one attached hydrogen (secondary N) is 1. The summed E-state index contributed by atoms with van der Waals surface area (Å²) in [6.07, 6.45) is 4.90. The van der Waals surface area contributed by atoms with Gasteiger partial charge in [-0.25, -0.2) is 4.79 Å². The van der Waals surface area contributed by atoms with Crippen LogP contribution in [0.25, 0.3) is 21.9 Å². The van der Waals surface area contributed by atoms with Gasteiger partial charge >= 0.3 is 5.97 Å². The molecule has 6 nitrogen and oxygen atoms in total. The molecule has 0 aliphatic heterocycles. The van der Waals surface area contributed by atoms with Crippen LogP contribution in [-0.4, -0.2) is 27.0 Å². The molecule has 6 heteroatoms. The minimum Gasteiger partial charge on any atom is -0.478 e. The van der Waals surface area contributed by atoms with E-state index >= 15 is 0 Å². The molecule has 0 fully saturated rings. The van der Waals surface area contributed by atoms with E-state index in [4.69, 9.17) is 0 Å². The molecule has 2 N–H and O–H groups in total. The summed E-state index contributed by atoms with van der Waals surface area (Å²) >= 11 is 0. The number of hydrogen-bond acceptors (Lipinski definition) is 4. The molecule has 4 rings (SSSR count). The molecule has 1 amide bonds. The van der Waals surface area contributed by atoms with Gasteiger partial charge in [-0.1, -0.05) is 36.4 Å². The zero-order valence-corrected chi connectivity index (χ0v) is 15.4. The Morgan fingerprint density at radius 1 is 0.966 bits per heavy atom. The number of aromatic nitrogens is 2. The average Bonchev–Trinajstić information content (AvgIpc) is 2.77. The van der Waals surface area contributed by atoms with E-state index in [1.165, 1.54) is 0 Å². The van der Waals surface area contributed by atoms with Crippen LogP contribution in [-0.2, 0) is 6.54 Å². The van der Waals surface area contributed by atoms with Crippen LogP contribution in [0.5, 0.6) is 0 Å². The van der Waals surface area contributed by atoms with E-state index < -0.39 is 5.97 Å². The lowest BCUT2D eigenvalue weighted by molar-refractivity contribution is 0.0696. The lowest BCUT2D eigenvalue weighted by atomic mass is 9.98. The first kappa shape index (κ1) is 18.3. The topological polar surface area (TPSA) is 92.2 Å². The third-order valence-electron chi connectivity index (χ3n) is 4.66. The van der Waals surface area contributed by atoms with Crippen LogP contribution in [0, 0.1) is 0 Å². The van der Waals surface area contributed by atoms with Crippen molar-refractivity contribution in [3.8, 4) is 11.1 Å². The number of nitrogens with zero attached hydrogens (tertiary/aromatic N) is 2. The van der Waals surface area contributed by atoms with E-state index in [0.717, 1.165) is 22.1 Å². The van der Waals surface area contributed by atoms with Crippen molar-refractivity contribution in [3.05, 3.63) is 96.1 Å². The van der Waals surface area contributed by atoms with Gasteiger partial charge in [0.15, 0.2) is 0 Å². The largest absolute Gasteiger partial charge is 0.478 e. The molecule has 0 aliphatic rings. The third kappa shape index (κ3) is 3.82. The number of fused-ring (bicyclic) bond motifs is 1. The van der Waals surface area contributed by atoms with Gasteiger partial charge in [-0.3, -0.25) is 14.8 Å². The molecule has 2 aromatic carbocycles. The maximum Gasteiger partial charge on any atom is 0.335 e. The summed E-state index contributed by atoms with van der Waals surface area (Å²) in [6, 6.07) is 18.0. The smallest absolute Gasteiger partial charge is 0.335 e. The molecule has 2 aromatic heterocycles. The van der Waals surface area contributed by atoms with E-state index in [-0.39, 0.29) is 18.0 Å². The van der Waals surface area contributed by atoms with E-state index in [2.05, 4.69) is 15.3 Å². The lowest BCUT2D eigenvalue weighted by Gasteiger charge is -2.12. The molecular formula is C23H17N3O3. The molecule has 0 radical (unpaired) electrons. The Morgan fingerprint density at radius 2 is 1.79 bits per heavy atom. The molecule has 0 spiro atoms. The molecule has 4 aromatic rings. The van der Waals surface area contributed by atoms with Gasteiger partial charge in [0.1, 0.15) is 5.69 Å². The van der Waals surface area contributed by atoms with Gasteiger partial charge in [-0.2, -0.15) is 0 Å². The highest BCUT2D eigenvalue weighted by atomic mass is 16.4. The van der Waals surface area contributed by atoms with Crippen molar-refractivity contribution in [2.45, 2.75) is 6.54 Å². The Kier molecular flexibility index (Phi) is 4.99. The normalized spacial score (nSPS) is 10.6. The van der Waals surface area contributed by atoms with Crippen LogP contribution < -0.4 is 5.32 Å². The minimum absolute atomic E-state index is 0.216. The van der Waals surface area contributed by atoms with Crippen molar-refractivity contribution in [2.75, 3.05) is 0 Å². The highest BCUT2D eigenvalue weighted by Crippen LogP contribution is 2.25. The molecular weight excluding hydrogens is 366 g/mol. The van der Waals surface area contributed by atoms with Crippen LogP contribution in [0.1, 0.15) is 26.4 Å². The summed E-state index contributed by atoms with van der Waals surface area (Å²) in [5.74, 6) is -1.27. The van der Waals surface area contributed by atoms with Crippen molar-refractivity contribution < 1.29 is 14.7 Å². The SMILES string of the molecule is O=C(O)c1cccc(-c2ccccc2CNC(=O)c2nccc3ccncc23)c1. The highest BCUT2D eigenvalue weighted by molar-refractivity contribution is 6.04. The molecule has 0 bridgehead atoms. The van der Waals surface area contributed by atoms with Gasteiger partial charge in [0.2, 0.25) is 0 Å². The number of carboxylic acid groups (broad SMARTS) is 1. The second-order valence-corrected chi connectivity index (χ2v) is 6.48. The number of carbonyl (C=O) groups is 2. The fourth-order valence-corrected chi connectivity index (χ4v) is 3.23. The standard InChI is InChI=1S/C23H17N3O3/c27-22(21-20-14-24-10-8-15(20)9-11-25-21)26-13-18-4-1-2-7-19(18)16-5-3-6-17(12-16)23(28)29/h1-12,14H,13H2,(H,26,27)(H,28,29). The third-order valence-corrected chi connectivity index (χ3v) is 4.66. The molecule has 0 saturated carbocycles. The Bertz CT molecular complexity index is 1220. The fourth-order valence-electron chi connectivity index (χ4n) is 3.23. The summed E-state index contributed by atoms with van der Waals surface area (Å²) in [5, 5.41) is 13.7. The summed E-state index contributed by atoms with van der Waals surface area (Å²) in [6.45, 7) is 0.282. The van der Waals surface area contributed by atoms with Crippen molar-refractivity contribution in [1.29, 1.82) is 0 Å². The monoisotopic (exact) mass is 383 g/mol. The number of amides is 1. The average molecular weight is 383 g/mol. The number of hydrogen-bond donors (Lipinski definition) is 2. The predicted molar refractivity (Wildman–Crippen MR) is 110 cm³/mol. The number of aromatic carboxylic acids is 1. The molecule has 142 valence electrons. The van der Waals surface area contributed by atoms with Gasteiger partial charge in [-0.15, -0.1) is 0 Å². The Morgan fingerprint density at radius 3 is 2.66 bits per heavy atom. The van der Waals surface area contributed by atoms with Gasteiger partial charge in [0.05, 0.1) is 5.56 Å². The van der Waals surface area contributed by atoms with Crippen molar-refractivity contribution in [2.24, 2.45) is 0 Å². The van der Waals surface area contributed by atoms with Crippen molar-refractivity contribution in [3.63, 3.8) is 0 Å². The predicted octanol–water partition coefficient (Wildman–Crippen LogP) is 3.93. The number of carbonyl (C=O) groups excluding carboxylic acids is 1. The highest BCUT2D eigenvalue weighted by Gasteiger charge is 2.13. The first-order chi connectivity index (χ1) is 14.1. The zero-order chi connectivity index (χ0) is 20.2. The van der Waals surface area contributed by atoms with E-state index in [0.29, 0.717) is 11.1 Å². The molecule has 0 atom stereocenters. The van der Waals surface area contributed by atoms with E-state index in [1.807, 2.05) is 42.5 Å². The maximum absolute atomic E-state index is 12.7. The zero-order valence-electron chi connectivity index (χ0n) is 15.4. The van der Waals surface area contributed by atoms with Gasteiger partial charge in [0, 0.05) is 30.5 Å². The molecule has 29 heavy (non-hydrogen) atoms. The first-order valence-corrected chi connectivity index (χ1v) is 9.02. The lowest BCUT2D eigenvalue weighted by Crippen LogP contribution is -2.24. The number of carboxylic acids is 1. The Balaban J connectivity index is 1.60. The van der Waals surface area contributed by atoms with E-state index in [9.17, 15) is 14.7 Å². The number of rotatable bonds is 5. The summed E-state index contributed by atoms with van der Waals surface area (Å²) in [7, 11) is 0. The van der Waals surface area contributed by atoms with Crippen LogP contribution in [0.2, 0.25) is 0 Å². The van der Waals surface area contributed by atoms with Crippen LogP contribution >= 0.6 is 0 Å². The van der Waals surface area contributed by atoms with Gasteiger partial charge in [0.25, 0.3) is 5.91 Å². The van der Waals surface area contributed by atoms with Gasteiger partial charge in [-0.05, 0) is 46.3 Å². The summed E-state index contributed by atoms with van der Waals surface area (Å²) in [5.41, 5.74) is 3.06. The number of benzene rings is 2. The van der Waals surface area contributed by atoms with E-state index in [1.54, 1.807) is 36.8 Å². The summed E-state index contributed by atoms with van der Waals surface area (Å²) in [4.78, 5) is 32.3. The van der Waals surface area contributed by atoms with Crippen LogP contribution in [0.15, 0.2) is 79.3 Å². The first-order valence-electron chi connectivity index (χ1n) is 9.02. The molecule has 0 saturated heterocycles. The molecule has 0 aliphatic carbocycles. The van der Waals surface area contributed by atoms with Crippen LogP contribution in [0.4, 0.5) is 0 Å². The Labute approximate surface area is 166 Å². The second-order valence-electron chi connectivity index (χ2n) is 6.48. The van der Waals surface area contributed by atoms with Crippen molar-refractivity contribution >= 4 is 22.6 Å². The molecule has 2 heterocycles. The van der Waals surface area contributed by atoms with Crippen LogP contribution in [0.3, 0.4) is 0 Å². The minimum atomic E-state index is -0.978. The van der Waals surface area contributed by atoms with Gasteiger partial charge < -0.3 is 10.4 Å². The Hall–Kier alpha value is -4.06. The fraction of sp³-hybridized carbons (Fsp3) is 0.0435. The number of pyridine rings is 2.